The van der Waals surface area contributed by atoms with Crippen LogP contribution in [0.25, 0.3) is 16.9 Å². The molecule has 2 aromatic carbocycles. The third-order valence-electron chi connectivity index (χ3n) is 7.15. The summed E-state index contributed by atoms with van der Waals surface area (Å²) in [5, 5.41) is 0.495. The monoisotopic (exact) mass is 490 g/mol. The fourth-order valence-electron chi connectivity index (χ4n) is 5.57. The van der Waals surface area contributed by atoms with E-state index in [1.54, 1.807) is 18.6 Å². The van der Waals surface area contributed by atoms with Crippen molar-refractivity contribution in [2.45, 2.75) is 56.0 Å². The number of hydrogen-bond donors (Lipinski definition) is 0. The molecule has 6 nitrogen and oxygen atoms in total. The van der Waals surface area contributed by atoms with Crippen LogP contribution in [0.3, 0.4) is 0 Å². The minimum absolute atomic E-state index is 0.0390. The number of ether oxygens (including phenoxy) is 2. The third kappa shape index (κ3) is 4.38. The molecule has 35 heavy (non-hydrogen) atoms. The summed E-state index contributed by atoms with van der Waals surface area (Å²) in [6.45, 7) is 2.10. The van der Waals surface area contributed by atoms with Gasteiger partial charge in [0.1, 0.15) is 5.75 Å². The molecule has 182 valence electrons. The molecule has 5 rings (SSSR count). The number of carbonyl (C=O) groups is 1. The topological polar surface area (TPSA) is 70.4 Å². The largest absolute Gasteiger partial charge is 0.497 e. The van der Waals surface area contributed by atoms with Crippen molar-refractivity contribution >= 4 is 17.7 Å². The van der Waals surface area contributed by atoms with Gasteiger partial charge in [0.05, 0.1) is 36.4 Å². The smallest absolute Gasteiger partial charge is 0.316 e. The van der Waals surface area contributed by atoms with Gasteiger partial charge in [-0.3, -0.25) is 14.2 Å². The van der Waals surface area contributed by atoms with Gasteiger partial charge in [-0.15, -0.1) is 0 Å². The lowest BCUT2D eigenvalue weighted by Crippen LogP contribution is -2.42. The van der Waals surface area contributed by atoms with E-state index in [1.165, 1.54) is 23.7 Å². The van der Waals surface area contributed by atoms with Crippen LogP contribution in [0.1, 0.15) is 50.2 Å². The average molecular weight is 491 g/mol. The summed E-state index contributed by atoms with van der Waals surface area (Å²) < 4.78 is 12.1. The molecule has 0 bridgehead atoms. The van der Waals surface area contributed by atoms with Crippen LogP contribution in [0.15, 0.2) is 58.5 Å². The Morgan fingerprint density at radius 3 is 2.54 bits per heavy atom. The maximum Gasteiger partial charge on any atom is 0.316 e. The van der Waals surface area contributed by atoms with E-state index in [0.29, 0.717) is 23.2 Å². The lowest BCUT2D eigenvalue weighted by Gasteiger charge is -2.42. The molecule has 0 N–H and O–H groups in total. The van der Waals surface area contributed by atoms with Crippen molar-refractivity contribution in [3.8, 4) is 22.7 Å². The number of carbonyl (C=O) groups excluding carboxylic acids is 1. The second-order valence-corrected chi connectivity index (χ2v) is 10.2. The molecule has 1 spiro atoms. The molecule has 1 fully saturated rings. The molecule has 1 saturated carbocycles. The van der Waals surface area contributed by atoms with Crippen molar-refractivity contribution in [3.05, 3.63) is 70.0 Å². The average Bonchev–Trinajstić information content (AvgIpc) is 2.88. The molecule has 1 aromatic heterocycles. The number of nitrogens with zero attached hydrogens (tertiary/aromatic N) is 2. The van der Waals surface area contributed by atoms with Crippen molar-refractivity contribution in [1.29, 1.82) is 0 Å². The Hall–Kier alpha value is -3.06. The first-order valence-corrected chi connectivity index (χ1v) is 13.2. The van der Waals surface area contributed by atoms with Crippen LogP contribution in [0.5, 0.6) is 5.75 Å². The summed E-state index contributed by atoms with van der Waals surface area (Å²) in [5.74, 6) is 0.475. The molecule has 0 amide bonds. The van der Waals surface area contributed by atoms with Gasteiger partial charge < -0.3 is 9.47 Å². The standard InChI is InChI=1S/C28H30N2O4S/c1-3-34-23(31)18-35-27-29-25-22-10-6-5-9-19(22)17-28(15-7-4-8-16-28)24(25)26(32)30(27)20-11-13-21(33-2)14-12-20/h5-6,9-14H,3-4,7-8,15-18H2,1-2H3. The highest BCUT2D eigenvalue weighted by Crippen LogP contribution is 2.49. The zero-order valence-corrected chi connectivity index (χ0v) is 21.0. The van der Waals surface area contributed by atoms with Crippen molar-refractivity contribution in [1.82, 2.24) is 9.55 Å². The molecular weight excluding hydrogens is 460 g/mol. The van der Waals surface area contributed by atoms with E-state index in [4.69, 9.17) is 14.5 Å². The lowest BCUT2D eigenvalue weighted by atomic mass is 9.62. The number of fused-ring (bicyclic) bond motifs is 4. The molecular formula is C28H30N2O4S. The molecule has 0 radical (unpaired) electrons. The highest BCUT2D eigenvalue weighted by atomic mass is 32.2. The first-order valence-electron chi connectivity index (χ1n) is 12.2. The Morgan fingerprint density at radius 1 is 1.09 bits per heavy atom. The number of thioether (sulfide) groups is 1. The van der Waals surface area contributed by atoms with Crippen LogP contribution >= 0.6 is 11.8 Å². The minimum Gasteiger partial charge on any atom is -0.497 e. The zero-order valence-electron chi connectivity index (χ0n) is 20.2. The Balaban J connectivity index is 1.73. The van der Waals surface area contributed by atoms with Gasteiger partial charge in [-0.05, 0) is 56.0 Å². The number of benzene rings is 2. The Morgan fingerprint density at radius 2 is 1.83 bits per heavy atom. The SMILES string of the molecule is CCOC(=O)CSc1nc2c(c(=O)n1-c1ccc(OC)cc1)C1(CCCCC1)Cc1ccccc1-2. The molecule has 0 unspecified atom stereocenters. The van der Waals surface area contributed by atoms with Crippen LogP contribution in [0, 0.1) is 0 Å². The van der Waals surface area contributed by atoms with E-state index in [2.05, 4.69) is 18.2 Å². The first kappa shape index (κ1) is 23.7. The second-order valence-electron chi connectivity index (χ2n) is 9.23. The van der Waals surface area contributed by atoms with Crippen LogP contribution < -0.4 is 10.3 Å². The highest BCUT2D eigenvalue weighted by molar-refractivity contribution is 7.99. The van der Waals surface area contributed by atoms with Gasteiger partial charge in [0.25, 0.3) is 5.56 Å². The normalized spacial score (nSPS) is 15.8. The third-order valence-corrected chi connectivity index (χ3v) is 8.06. The summed E-state index contributed by atoms with van der Waals surface area (Å²) in [6.07, 6.45) is 6.27. The quantitative estimate of drug-likeness (QED) is 0.265. The van der Waals surface area contributed by atoms with E-state index in [0.717, 1.165) is 48.9 Å². The van der Waals surface area contributed by atoms with E-state index in [1.807, 2.05) is 30.3 Å². The van der Waals surface area contributed by atoms with Gasteiger partial charge in [-0.2, -0.15) is 0 Å². The molecule has 0 atom stereocenters. The predicted molar refractivity (Wildman–Crippen MR) is 138 cm³/mol. The van der Waals surface area contributed by atoms with Crippen molar-refractivity contribution in [2.24, 2.45) is 0 Å². The van der Waals surface area contributed by atoms with Crippen LogP contribution in [0.4, 0.5) is 0 Å². The van der Waals surface area contributed by atoms with E-state index < -0.39 is 0 Å². The number of hydrogen-bond acceptors (Lipinski definition) is 6. The Kier molecular flexibility index (Phi) is 6.69. The predicted octanol–water partition coefficient (Wildman–Crippen LogP) is 5.32. The molecule has 0 aliphatic heterocycles. The van der Waals surface area contributed by atoms with Gasteiger partial charge in [-0.25, -0.2) is 4.98 Å². The number of aromatic nitrogens is 2. The Bertz CT molecular complexity index is 1290. The van der Waals surface area contributed by atoms with Crippen LogP contribution in [-0.4, -0.2) is 35.0 Å². The van der Waals surface area contributed by atoms with Gasteiger partial charge >= 0.3 is 5.97 Å². The summed E-state index contributed by atoms with van der Waals surface area (Å²) in [6, 6.07) is 15.7. The molecule has 2 aliphatic carbocycles. The van der Waals surface area contributed by atoms with Crippen molar-refractivity contribution in [2.75, 3.05) is 19.5 Å². The minimum atomic E-state index is -0.324. The summed E-state index contributed by atoms with van der Waals surface area (Å²) in [4.78, 5) is 31.7. The molecule has 3 aromatic rings. The van der Waals surface area contributed by atoms with E-state index >= 15 is 0 Å². The number of esters is 1. The number of rotatable bonds is 6. The van der Waals surface area contributed by atoms with Crippen molar-refractivity contribution < 1.29 is 14.3 Å². The van der Waals surface area contributed by atoms with Crippen molar-refractivity contribution in [3.63, 3.8) is 0 Å². The molecule has 2 aliphatic rings. The zero-order chi connectivity index (χ0) is 24.4. The highest BCUT2D eigenvalue weighted by Gasteiger charge is 2.43. The Labute approximate surface area is 209 Å². The number of methoxy groups -OCH3 is 1. The maximum absolute atomic E-state index is 14.4. The summed E-state index contributed by atoms with van der Waals surface area (Å²) >= 11 is 1.24. The fraction of sp³-hybridized carbons (Fsp3) is 0.393. The van der Waals surface area contributed by atoms with E-state index in [9.17, 15) is 9.59 Å². The second kappa shape index (κ2) is 9.90. The van der Waals surface area contributed by atoms with Gasteiger partial charge in [0.2, 0.25) is 0 Å². The van der Waals surface area contributed by atoms with Crippen LogP contribution in [-0.2, 0) is 21.4 Å². The van der Waals surface area contributed by atoms with Gasteiger partial charge in [0, 0.05) is 11.0 Å². The van der Waals surface area contributed by atoms with Gasteiger partial charge in [-0.1, -0.05) is 55.3 Å². The molecule has 0 saturated heterocycles. The first-order chi connectivity index (χ1) is 17.1. The summed E-state index contributed by atoms with van der Waals surface area (Å²) in [5.41, 5.74) is 4.34. The summed E-state index contributed by atoms with van der Waals surface area (Å²) in [7, 11) is 1.62. The van der Waals surface area contributed by atoms with Gasteiger partial charge in [0.15, 0.2) is 5.16 Å². The lowest BCUT2D eigenvalue weighted by molar-refractivity contribution is -0.139. The molecule has 1 heterocycles. The molecule has 7 heteroatoms. The van der Waals surface area contributed by atoms with Crippen LogP contribution in [0.2, 0.25) is 0 Å². The maximum atomic E-state index is 14.4. The van der Waals surface area contributed by atoms with E-state index in [-0.39, 0.29) is 22.7 Å². The fourth-order valence-corrected chi connectivity index (χ4v) is 6.37.